The summed E-state index contributed by atoms with van der Waals surface area (Å²) in [7, 11) is 0. The van der Waals surface area contributed by atoms with E-state index in [0.717, 1.165) is 25.7 Å². The van der Waals surface area contributed by atoms with Gasteiger partial charge in [-0.1, -0.05) is 19.1 Å². The van der Waals surface area contributed by atoms with Crippen molar-refractivity contribution >= 4 is 11.9 Å². The first-order chi connectivity index (χ1) is 10.3. The van der Waals surface area contributed by atoms with Crippen molar-refractivity contribution in [3.63, 3.8) is 0 Å². The van der Waals surface area contributed by atoms with Crippen LogP contribution in [0, 0.1) is 0 Å². The van der Waals surface area contributed by atoms with Crippen molar-refractivity contribution in [1.82, 2.24) is 0 Å². The highest BCUT2D eigenvalue weighted by Gasteiger charge is 2.45. The van der Waals surface area contributed by atoms with Gasteiger partial charge in [0.1, 0.15) is 6.54 Å². The van der Waals surface area contributed by atoms with Crippen LogP contribution in [0.2, 0.25) is 0 Å². The van der Waals surface area contributed by atoms with E-state index in [1.807, 2.05) is 0 Å². The zero-order valence-corrected chi connectivity index (χ0v) is 13.9. The second kappa shape index (κ2) is 10.3. The number of rotatable bonds is 12. The fraction of sp³-hybridized carbons (Fsp3) is 0.750. The molecule has 0 aromatic heterocycles. The summed E-state index contributed by atoms with van der Waals surface area (Å²) in [6.07, 6.45) is 7.65. The number of aliphatic hydroxyl groups is 1. The lowest BCUT2D eigenvalue weighted by molar-refractivity contribution is -0.955. The number of carboxylic acids is 2. The first kappa shape index (κ1) is 20.6. The van der Waals surface area contributed by atoms with Gasteiger partial charge >= 0.3 is 11.9 Å². The standard InChI is InChI=1S/C16H29NO5/c1-4-5-6-7-8-9-10-17(11-12-18,13(2)15(19)20)14(3)16(21)22/h5-6,13-14,18H,4,7-12H2,1-3H3,(H-,19,20,21,22)/p+1/b6-5+. The van der Waals surface area contributed by atoms with Crippen LogP contribution in [0.15, 0.2) is 12.2 Å². The Labute approximate surface area is 132 Å². The van der Waals surface area contributed by atoms with Crippen molar-refractivity contribution in [3.05, 3.63) is 12.2 Å². The number of carbonyl (C=O) groups is 2. The third kappa shape index (κ3) is 5.77. The number of allylic oxidation sites excluding steroid dienone is 2. The van der Waals surface area contributed by atoms with Gasteiger partial charge in [-0.05, 0) is 39.5 Å². The Balaban J connectivity index is 5.07. The fourth-order valence-electron chi connectivity index (χ4n) is 2.80. The average Bonchev–Trinajstić information content (AvgIpc) is 2.47. The minimum atomic E-state index is -1.03. The van der Waals surface area contributed by atoms with E-state index < -0.39 is 24.0 Å². The second-order valence-corrected chi connectivity index (χ2v) is 5.68. The molecule has 0 aromatic rings. The number of nitrogens with zero attached hydrogens (tertiary/aromatic N) is 1. The molecule has 128 valence electrons. The highest BCUT2D eigenvalue weighted by Crippen LogP contribution is 2.22. The Morgan fingerprint density at radius 2 is 1.55 bits per heavy atom. The van der Waals surface area contributed by atoms with Crippen LogP contribution >= 0.6 is 0 Å². The van der Waals surface area contributed by atoms with Crippen LogP contribution in [0.25, 0.3) is 0 Å². The highest BCUT2D eigenvalue weighted by molar-refractivity contribution is 5.74. The van der Waals surface area contributed by atoms with E-state index in [4.69, 9.17) is 0 Å². The van der Waals surface area contributed by atoms with E-state index in [9.17, 15) is 24.9 Å². The first-order valence-electron chi connectivity index (χ1n) is 7.91. The summed E-state index contributed by atoms with van der Waals surface area (Å²) in [5.41, 5.74) is 0. The number of unbranched alkanes of at least 4 members (excludes halogenated alkanes) is 2. The normalized spacial score (nSPS) is 17.1. The third-order valence-electron chi connectivity index (χ3n) is 4.37. The number of aliphatic carboxylic acids is 2. The predicted octanol–water partition coefficient (Wildman–Crippen LogP) is 1.88. The van der Waals surface area contributed by atoms with Crippen LogP contribution in [0.1, 0.15) is 46.5 Å². The molecule has 0 aliphatic carbocycles. The van der Waals surface area contributed by atoms with Gasteiger partial charge in [0.15, 0.2) is 12.1 Å². The zero-order chi connectivity index (χ0) is 17.2. The Morgan fingerprint density at radius 1 is 1.00 bits per heavy atom. The zero-order valence-electron chi connectivity index (χ0n) is 13.9. The second-order valence-electron chi connectivity index (χ2n) is 5.68. The van der Waals surface area contributed by atoms with Crippen LogP contribution in [-0.2, 0) is 9.59 Å². The Morgan fingerprint density at radius 3 is 1.95 bits per heavy atom. The molecule has 0 aromatic carbocycles. The monoisotopic (exact) mass is 316 g/mol. The lowest BCUT2D eigenvalue weighted by Crippen LogP contribution is -2.65. The Bertz CT molecular complexity index is 361. The molecule has 0 fully saturated rings. The minimum absolute atomic E-state index is 0.126. The molecule has 0 spiro atoms. The van der Waals surface area contributed by atoms with E-state index in [-0.39, 0.29) is 17.6 Å². The van der Waals surface area contributed by atoms with Crippen molar-refractivity contribution in [2.75, 3.05) is 19.7 Å². The van der Waals surface area contributed by atoms with Crippen molar-refractivity contribution < 1.29 is 29.4 Å². The molecule has 0 radical (unpaired) electrons. The smallest absolute Gasteiger partial charge is 0.362 e. The maximum Gasteiger partial charge on any atom is 0.362 e. The van der Waals surface area contributed by atoms with Gasteiger partial charge < -0.3 is 15.3 Å². The van der Waals surface area contributed by atoms with Crippen molar-refractivity contribution in [3.8, 4) is 0 Å². The lowest BCUT2D eigenvalue weighted by atomic mass is 10.1. The molecule has 0 heterocycles. The molecule has 3 N–H and O–H groups in total. The van der Waals surface area contributed by atoms with Crippen LogP contribution < -0.4 is 0 Å². The summed E-state index contributed by atoms with van der Waals surface area (Å²) in [4.78, 5) is 22.8. The summed E-state index contributed by atoms with van der Waals surface area (Å²) in [6, 6.07) is -1.74. The molecular formula is C16H30NO5+. The van der Waals surface area contributed by atoms with E-state index in [1.54, 1.807) is 0 Å². The molecule has 0 saturated carbocycles. The topological polar surface area (TPSA) is 94.8 Å². The van der Waals surface area contributed by atoms with Crippen LogP contribution in [0.3, 0.4) is 0 Å². The fourth-order valence-corrected chi connectivity index (χ4v) is 2.80. The molecule has 0 bridgehead atoms. The molecule has 6 nitrogen and oxygen atoms in total. The number of quaternary nitrogens is 1. The predicted molar refractivity (Wildman–Crippen MR) is 84.6 cm³/mol. The number of hydrogen-bond acceptors (Lipinski definition) is 3. The Hall–Kier alpha value is -1.40. The van der Waals surface area contributed by atoms with Gasteiger partial charge in [0.2, 0.25) is 0 Å². The molecule has 0 aliphatic rings. The molecule has 22 heavy (non-hydrogen) atoms. The lowest BCUT2D eigenvalue weighted by Gasteiger charge is -2.44. The summed E-state index contributed by atoms with van der Waals surface area (Å²) in [5, 5.41) is 28.0. The van der Waals surface area contributed by atoms with Gasteiger partial charge in [0.25, 0.3) is 0 Å². The number of aliphatic hydroxyl groups excluding tert-OH is 1. The average molecular weight is 316 g/mol. The van der Waals surface area contributed by atoms with Gasteiger partial charge in [-0.3, -0.25) is 4.48 Å². The quantitative estimate of drug-likeness (QED) is 0.290. The summed E-state index contributed by atoms with van der Waals surface area (Å²) < 4.78 is -0.126. The largest absolute Gasteiger partial charge is 0.477 e. The molecule has 0 aliphatic heterocycles. The van der Waals surface area contributed by atoms with Crippen molar-refractivity contribution in [1.29, 1.82) is 0 Å². The molecule has 0 rings (SSSR count). The van der Waals surface area contributed by atoms with Gasteiger partial charge in [-0.2, -0.15) is 0 Å². The summed E-state index contributed by atoms with van der Waals surface area (Å²) >= 11 is 0. The summed E-state index contributed by atoms with van der Waals surface area (Å²) in [6.45, 7) is 5.43. The Kier molecular flexibility index (Phi) is 9.69. The highest BCUT2D eigenvalue weighted by atomic mass is 16.4. The van der Waals surface area contributed by atoms with E-state index >= 15 is 0 Å². The van der Waals surface area contributed by atoms with Crippen LogP contribution in [0.5, 0.6) is 0 Å². The van der Waals surface area contributed by atoms with Crippen molar-refractivity contribution in [2.45, 2.75) is 58.5 Å². The van der Waals surface area contributed by atoms with E-state index in [2.05, 4.69) is 19.1 Å². The van der Waals surface area contributed by atoms with Gasteiger partial charge in [-0.25, -0.2) is 9.59 Å². The van der Waals surface area contributed by atoms with Crippen molar-refractivity contribution in [2.24, 2.45) is 0 Å². The molecule has 0 saturated heterocycles. The van der Waals surface area contributed by atoms with E-state index in [1.165, 1.54) is 13.8 Å². The molecule has 2 unspecified atom stereocenters. The first-order valence-corrected chi connectivity index (χ1v) is 7.91. The maximum absolute atomic E-state index is 11.4. The summed E-state index contributed by atoms with van der Waals surface area (Å²) in [5.74, 6) is -2.07. The molecule has 0 amide bonds. The minimum Gasteiger partial charge on any atom is -0.477 e. The molecule has 6 heteroatoms. The van der Waals surface area contributed by atoms with Crippen LogP contribution in [-0.4, -0.2) is 63.5 Å². The maximum atomic E-state index is 11.4. The molecular weight excluding hydrogens is 286 g/mol. The molecule has 2 atom stereocenters. The van der Waals surface area contributed by atoms with Crippen LogP contribution in [0.4, 0.5) is 0 Å². The number of hydrogen-bond donors (Lipinski definition) is 3. The third-order valence-corrected chi connectivity index (χ3v) is 4.37. The number of carboxylic acid groups (broad SMARTS) is 2. The van der Waals surface area contributed by atoms with Gasteiger partial charge in [-0.15, -0.1) is 0 Å². The van der Waals surface area contributed by atoms with Gasteiger partial charge in [0, 0.05) is 0 Å². The SMILES string of the molecule is CC/C=C/CCCC[N+](CCO)(C(C)C(=O)O)C(C)C(=O)O. The van der Waals surface area contributed by atoms with E-state index in [0.29, 0.717) is 6.54 Å². The van der Waals surface area contributed by atoms with Gasteiger partial charge in [0.05, 0.1) is 13.2 Å².